The molecule has 1 aliphatic heterocycles. The number of hydrogen-bond acceptors (Lipinski definition) is 6. The van der Waals surface area contributed by atoms with Crippen molar-refractivity contribution in [3.8, 4) is 0 Å². The van der Waals surface area contributed by atoms with Crippen LogP contribution in [0.1, 0.15) is 22.7 Å². The van der Waals surface area contributed by atoms with Crippen molar-refractivity contribution in [1.29, 1.82) is 0 Å². The number of anilines is 1. The van der Waals surface area contributed by atoms with E-state index in [9.17, 15) is 4.79 Å². The first-order valence-corrected chi connectivity index (χ1v) is 5.94. The van der Waals surface area contributed by atoms with Gasteiger partial charge in [0.25, 0.3) is 0 Å². The number of carbonyl (C=O) groups is 1. The summed E-state index contributed by atoms with van der Waals surface area (Å²) in [7, 11) is 1.31. The van der Waals surface area contributed by atoms with E-state index in [2.05, 4.69) is 19.6 Å². The molecule has 1 atom stereocenters. The molecule has 0 aliphatic carbocycles. The van der Waals surface area contributed by atoms with Crippen LogP contribution in [-0.4, -0.2) is 47.8 Å². The fraction of sp³-hybridized carbons (Fsp3) is 0.583. The topological polar surface area (TPSA) is 75.5 Å². The van der Waals surface area contributed by atoms with Crippen LogP contribution in [0.3, 0.4) is 0 Å². The number of hydrogen-bond donors (Lipinski definition) is 1. The van der Waals surface area contributed by atoms with Crippen LogP contribution in [0.5, 0.6) is 0 Å². The Morgan fingerprint density at radius 1 is 1.61 bits per heavy atom. The molecule has 1 saturated heterocycles. The molecule has 1 aliphatic rings. The van der Waals surface area contributed by atoms with Gasteiger partial charge in [-0.15, -0.1) is 0 Å². The summed E-state index contributed by atoms with van der Waals surface area (Å²) in [5, 5.41) is 9.13. The van der Waals surface area contributed by atoms with Crippen molar-refractivity contribution in [2.45, 2.75) is 13.3 Å². The molecule has 1 aromatic heterocycles. The van der Waals surface area contributed by atoms with E-state index in [1.807, 2.05) is 13.0 Å². The molecule has 18 heavy (non-hydrogen) atoms. The lowest BCUT2D eigenvalue weighted by Gasteiger charge is -2.17. The van der Waals surface area contributed by atoms with Crippen LogP contribution < -0.4 is 4.90 Å². The fourth-order valence-electron chi connectivity index (χ4n) is 2.09. The number of nitrogens with zero attached hydrogens (tertiary/aromatic N) is 3. The van der Waals surface area contributed by atoms with Gasteiger partial charge in [0, 0.05) is 37.4 Å². The molecule has 0 amide bonds. The zero-order chi connectivity index (χ0) is 13.1. The van der Waals surface area contributed by atoms with Crippen LogP contribution in [0.2, 0.25) is 0 Å². The van der Waals surface area contributed by atoms with Gasteiger partial charge in [0.1, 0.15) is 5.82 Å². The van der Waals surface area contributed by atoms with E-state index >= 15 is 0 Å². The minimum absolute atomic E-state index is 0.0833. The maximum Gasteiger partial charge on any atom is 0.376 e. The van der Waals surface area contributed by atoms with E-state index in [0.717, 1.165) is 31.0 Å². The Morgan fingerprint density at radius 2 is 2.39 bits per heavy atom. The molecular weight excluding hydrogens is 234 g/mol. The molecule has 1 unspecified atom stereocenters. The predicted molar refractivity (Wildman–Crippen MR) is 65.5 cm³/mol. The smallest absolute Gasteiger partial charge is 0.376 e. The Kier molecular flexibility index (Phi) is 3.76. The van der Waals surface area contributed by atoms with E-state index in [-0.39, 0.29) is 18.3 Å². The molecule has 0 radical (unpaired) electrons. The summed E-state index contributed by atoms with van der Waals surface area (Å²) in [6.07, 6.45) is 0.938. The second-order valence-electron chi connectivity index (χ2n) is 4.47. The maximum absolute atomic E-state index is 11.4. The first-order chi connectivity index (χ1) is 8.63. The number of aliphatic hydroxyl groups is 1. The van der Waals surface area contributed by atoms with Gasteiger partial charge in [-0.2, -0.15) is 0 Å². The van der Waals surface area contributed by atoms with Crippen molar-refractivity contribution < 1.29 is 14.6 Å². The minimum Gasteiger partial charge on any atom is -0.463 e. The van der Waals surface area contributed by atoms with Gasteiger partial charge in [0.2, 0.25) is 5.82 Å². The summed E-state index contributed by atoms with van der Waals surface area (Å²) in [4.78, 5) is 21.8. The normalized spacial score (nSPS) is 19.1. The van der Waals surface area contributed by atoms with Crippen LogP contribution in [0.25, 0.3) is 0 Å². The summed E-state index contributed by atoms with van der Waals surface area (Å²) in [5.41, 5.74) is 0.729. The fourth-order valence-corrected chi connectivity index (χ4v) is 2.09. The molecule has 6 nitrogen and oxygen atoms in total. The van der Waals surface area contributed by atoms with Crippen molar-refractivity contribution in [3.05, 3.63) is 17.6 Å². The van der Waals surface area contributed by atoms with Gasteiger partial charge in [-0.3, -0.25) is 0 Å². The number of rotatable bonds is 3. The average molecular weight is 251 g/mol. The molecule has 1 aromatic rings. The SMILES string of the molecule is COC(=O)c1nc(C)cc(N2CCC(CO)C2)n1. The Labute approximate surface area is 106 Å². The monoisotopic (exact) mass is 251 g/mol. The molecule has 0 saturated carbocycles. The third-order valence-electron chi connectivity index (χ3n) is 3.08. The zero-order valence-electron chi connectivity index (χ0n) is 10.6. The first-order valence-electron chi connectivity index (χ1n) is 5.94. The van der Waals surface area contributed by atoms with Crippen LogP contribution in [0.4, 0.5) is 5.82 Å². The van der Waals surface area contributed by atoms with Crippen LogP contribution in [0, 0.1) is 12.8 Å². The quantitative estimate of drug-likeness (QED) is 0.783. The largest absolute Gasteiger partial charge is 0.463 e. The van der Waals surface area contributed by atoms with E-state index in [1.165, 1.54) is 7.11 Å². The van der Waals surface area contributed by atoms with Crippen molar-refractivity contribution in [2.24, 2.45) is 5.92 Å². The molecule has 2 rings (SSSR count). The minimum atomic E-state index is -0.530. The van der Waals surface area contributed by atoms with Gasteiger partial charge >= 0.3 is 5.97 Å². The molecule has 6 heteroatoms. The third kappa shape index (κ3) is 2.59. The van der Waals surface area contributed by atoms with Crippen molar-refractivity contribution in [2.75, 3.05) is 31.7 Å². The molecule has 0 aromatic carbocycles. The molecule has 2 heterocycles. The highest BCUT2D eigenvalue weighted by molar-refractivity contribution is 5.85. The first kappa shape index (κ1) is 12.8. The molecular formula is C12H17N3O3. The number of esters is 1. The maximum atomic E-state index is 11.4. The van der Waals surface area contributed by atoms with E-state index in [0.29, 0.717) is 0 Å². The summed E-state index contributed by atoms with van der Waals surface area (Å²) < 4.78 is 4.63. The number of carbonyl (C=O) groups excluding carboxylic acids is 1. The standard InChI is InChI=1S/C12H17N3O3/c1-8-5-10(14-11(13-8)12(17)18-2)15-4-3-9(6-15)7-16/h5,9,16H,3-4,6-7H2,1-2H3. The Morgan fingerprint density at radius 3 is 3.00 bits per heavy atom. The lowest BCUT2D eigenvalue weighted by molar-refractivity contribution is 0.0586. The van der Waals surface area contributed by atoms with E-state index < -0.39 is 5.97 Å². The van der Waals surface area contributed by atoms with E-state index in [4.69, 9.17) is 5.11 Å². The van der Waals surface area contributed by atoms with Crippen LogP contribution >= 0.6 is 0 Å². The van der Waals surface area contributed by atoms with Gasteiger partial charge in [0.05, 0.1) is 7.11 Å². The third-order valence-corrected chi connectivity index (χ3v) is 3.08. The Bertz CT molecular complexity index is 450. The number of aryl methyl sites for hydroxylation is 1. The average Bonchev–Trinajstić information content (AvgIpc) is 2.85. The highest BCUT2D eigenvalue weighted by Gasteiger charge is 2.24. The number of methoxy groups -OCH3 is 1. The van der Waals surface area contributed by atoms with Gasteiger partial charge in [0.15, 0.2) is 0 Å². The van der Waals surface area contributed by atoms with Gasteiger partial charge < -0.3 is 14.7 Å². The zero-order valence-corrected chi connectivity index (χ0v) is 10.6. The Balaban J connectivity index is 2.23. The summed E-state index contributed by atoms with van der Waals surface area (Å²) >= 11 is 0. The summed E-state index contributed by atoms with van der Waals surface area (Å²) in [6, 6.07) is 1.84. The van der Waals surface area contributed by atoms with Crippen molar-refractivity contribution in [1.82, 2.24) is 9.97 Å². The number of ether oxygens (including phenoxy) is 1. The molecule has 0 bridgehead atoms. The van der Waals surface area contributed by atoms with Crippen LogP contribution in [0.15, 0.2) is 6.07 Å². The Hall–Kier alpha value is -1.69. The van der Waals surface area contributed by atoms with Gasteiger partial charge in [-0.25, -0.2) is 14.8 Å². The molecule has 98 valence electrons. The van der Waals surface area contributed by atoms with Crippen LogP contribution in [-0.2, 0) is 4.74 Å². The lowest BCUT2D eigenvalue weighted by Crippen LogP contribution is -2.23. The van der Waals surface area contributed by atoms with E-state index in [1.54, 1.807) is 0 Å². The second-order valence-corrected chi connectivity index (χ2v) is 4.47. The summed E-state index contributed by atoms with van der Waals surface area (Å²) in [6.45, 7) is 3.59. The van der Waals surface area contributed by atoms with Gasteiger partial charge in [-0.1, -0.05) is 0 Å². The predicted octanol–water partition coefficient (Wildman–Crippen LogP) is 0.390. The number of aliphatic hydroxyl groups excluding tert-OH is 1. The molecule has 0 spiro atoms. The lowest BCUT2D eigenvalue weighted by atomic mass is 10.1. The molecule has 1 fully saturated rings. The summed E-state index contributed by atoms with van der Waals surface area (Å²) in [5.74, 6) is 0.554. The highest BCUT2D eigenvalue weighted by Crippen LogP contribution is 2.22. The highest BCUT2D eigenvalue weighted by atomic mass is 16.5. The molecule has 1 N–H and O–H groups in total. The van der Waals surface area contributed by atoms with Crippen molar-refractivity contribution >= 4 is 11.8 Å². The van der Waals surface area contributed by atoms with Crippen molar-refractivity contribution in [3.63, 3.8) is 0 Å². The van der Waals surface area contributed by atoms with Gasteiger partial charge in [-0.05, 0) is 13.3 Å². The number of aromatic nitrogens is 2. The second kappa shape index (κ2) is 5.30.